The zero-order valence-corrected chi connectivity index (χ0v) is 7.75. The molecule has 0 radical (unpaired) electrons. The molecule has 0 saturated carbocycles. The van der Waals surface area contributed by atoms with Crippen molar-refractivity contribution in [3.63, 3.8) is 0 Å². The van der Waals surface area contributed by atoms with Gasteiger partial charge in [0.15, 0.2) is 0 Å². The number of aromatic nitrogens is 2. The number of hydrogen-bond donors (Lipinski definition) is 4. The molecule has 2 atom stereocenters. The quantitative estimate of drug-likeness (QED) is 0.484. The summed E-state index contributed by atoms with van der Waals surface area (Å²) in [5, 5.41) is 27.4. The fraction of sp³-hybridized carbons (Fsp3) is 0.500. The Labute approximate surface area is 81.1 Å². The Bertz CT molecular complexity index is 319. The van der Waals surface area contributed by atoms with Crippen molar-refractivity contribution in [3.8, 4) is 0 Å². The van der Waals surface area contributed by atoms with Crippen LogP contribution in [-0.2, 0) is 0 Å². The highest BCUT2D eigenvalue weighted by molar-refractivity contribution is 5.26. The molecule has 6 heteroatoms. The molecule has 0 saturated heterocycles. The third kappa shape index (κ3) is 2.16. The van der Waals surface area contributed by atoms with Gasteiger partial charge in [-0.3, -0.25) is 0 Å². The molecule has 0 aromatic carbocycles. The van der Waals surface area contributed by atoms with Crippen molar-refractivity contribution in [3.05, 3.63) is 17.5 Å². The first-order valence-corrected chi connectivity index (χ1v) is 4.12. The van der Waals surface area contributed by atoms with Crippen LogP contribution in [0.4, 0.5) is 5.95 Å². The molecule has 2 unspecified atom stereocenters. The van der Waals surface area contributed by atoms with Crippen molar-refractivity contribution in [2.24, 2.45) is 0 Å². The predicted octanol–water partition coefficient (Wildman–Crippen LogP) is -1.25. The molecule has 0 aliphatic heterocycles. The summed E-state index contributed by atoms with van der Waals surface area (Å²) in [6.45, 7) is 1.12. The molecule has 5 N–H and O–H groups in total. The van der Waals surface area contributed by atoms with Crippen molar-refractivity contribution in [1.82, 2.24) is 9.97 Å². The lowest BCUT2D eigenvalue weighted by atomic mass is 10.1. The molecular formula is C8H13N3O3. The van der Waals surface area contributed by atoms with Crippen LogP contribution in [0.3, 0.4) is 0 Å². The van der Waals surface area contributed by atoms with Crippen molar-refractivity contribution in [1.29, 1.82) is 0 Å². The molecule has 1 aromatic rings. The van der Waals surface area contributed by atoms with Gasteiger partial charge in [-0.1, -0.05) is 0 Å². The Morgan fingerprint density at radius 2 is 2.14 bits per heavy atom. The van der Waals surface area contributed by atoms with E-state index in [1.54, 1.807) is 6.92 Å². The Kier molecular flexibility index (Phi) is 3.34. The van der Waals surface area contributed by atoms with E-state index in [1.165, 1.54) is 6.20 Å². The van der Waals surface area contributed by atoms with Crippen LogP contribution < -0.4 is 5.73 Å². The number of nitrogens with two attached hydrogens (primary N) is 1. The summed E-state index contributed by atoms with van der Waals surface area (Å²) in [4.78, 5) is 7.52. The number of nitrogen functional groups attached to an aromatic ring is 1. The summed E-state index contributed by atoms with van der Waals surface area (Å²) in [6, 6.07) is 0. The molecular weight excluding hydrogens is 186 g/mol. The Morgan fingerprint density at radius 3 is 2.64 bits per heavy atom. The number of rotatable bonds is 3. The molecule has 1 heterocycles. The number of nitrogens with zero attached hydrogens (tertiary/aromatic N) is 2. The van der Waals surface area contributed by atoms with Gasteiger partial charge in [-0.2, -0.15) is 0 Å². The van der Waals surface area contributed by atoms with E-state index in [4.69, 9.17) is 10.8 Å². The molecule has 78 valence electrons. The average molecular weight is 199 g/mol. The fourth-order valence-electron chi connectivity index (χ4n) is 1.09. The van der Waals surface area contributed by atoms with Crippen LogP contribution in [0.15, 0.2) is 6.20 Å². The lowest BCUT2D eigenvalue weighted by Crippen LogP contribution is -2.23. The second-order valence-electron chi connectivity index (χ2n) is 2.96. The van der Waals surface area contributed by atoms with E-state index in [2.05, 4.69) is 9.97 Å². The maximum absolute atomic E-state index is 9.53. The van der Waals surface area contributed by atoms with Gasteiger partial charge >= 0.3 is 0 Å². The van der Waals surface area contributed by atoms with Crippen LogP contribution in [0, 0.1) is 6.92 Å². The van der Waals surface area contributed by atoms with Gasteiger partial charge in [0.1, 0.15) is 12.2 Å². The molecule has 0 fully saturated rings. The smallest absolute Gasteiger partial charge is 0.220 e. The minimum atomic E-state index is -1.24. The number of aliphatic hydroxyl groups is 3. The zero-order chi connectivity index (χ0) is 10.7. The van der Waals surface area contributed by atoms with E-state index in [0.29, 0.717) is 11.3 Å². The van der Waals surface area contributed by atoms with E-state index >= 15 is 0 Å². The molecule has 1 rings (SSSR count). The highest BCUT2D eigenvalue weighted by Gasteiger charge is 2.20. The summed E-state index contributed by atoms with van der Waals surface area (Å²) in [5.74, 6) is 0.108. The topological polar surface area (TPSA) is 112 Å². The van der Waals surface area contributed by atoms with Crippen molar-refractivity contribution < 1.29 is 15.3 Å². The van der Waals surface area contributed by atoms with Gasteiger partial charge in [-0.15, -0.1) is 0 Å². The number of aliphatic hydroxyl groups excluding tert-OH is 3. The third-order valence-electron chi connectivity index (χ3n) is 1.91. The number of hydrogen-bond acceptors (Lipinski definition) is 6. The SMILES string of the molecule is Cc1nc(N)ncc1C(O)C(O)CO. The Morgan fingerprint density at radius 1 is 1.50 bits per heavy atom. The lowest BCUT2D eigenvalue weighted by Gasteiger charge is -2.16. The van der Waals surface area contributed by atoms with Gasteiger partial charge in [-0.25, -0.2) is 9.97 Å². The Hall–Kier alpha value is -1.24. The normalized spacial score (nSPS) is 15.1. The number of anilines is 1. The third-order valence-corrected chi connectivity index (χ3v) is 1.91. The summed E-state index contributed by atoms with van der Waals surface area (Å²) >= 11 is 0. The minimum absolute atomic E-state index is 0.108. The highest BCUT2D eigenvalue weighted by atomic mass is 16.4. The van der Waals surface area contributed by atoms with Crippen LogP contribution in [0.2, 0.25) is 0 Å². The van der Waals surface area contributed by atoms with Crippen LogP contribution in [0.25, 0.3) is 0 Å². The van der Waals surface area contributed by atoms with Gasteiger partial charge in [0, 0.05) is 17.5 Å². The average Bonchev–Trinajstić information content (AvgIpc) is 2.15. The molecule has 0 aliphatic rings. The second-order valence-corrected chi connectivity index (χ2v) is 2.96. The van der Waals surface area contributed by atoms with Gasteiger partial charge in [0.2, 0.25) is 5.95 Å². The van der Waals surface area contributed by atoms with E-state index < -0.39 is 18.8 Å². The summed E-state index contributed by atoms with van der Waals surface area (Å²) in [7, 11) is 0. The van der Waals surface area contributed by atoms with Crippen LogP contribution in [0.5, 0.6) is 0 Å². The van der Waals surface area contributed by atoms with Gasteiger partial charge in [0.05, 0.1) is 6.61 Å². The fourth-order valence-corrected chi connectivity index (χ4v) is 1.09. The highest BCUT2D eigenvalue weighted by Crippen LogP contribution is 2.18. The first-order chi connectivity index (χ1) is 6.56. The van der Waals surface area contributed by atoms with Crippen LogP contribution in [0.1, 0.15) is 17.4 Å². The lowest BCUT2D eigenvalue weighted by molar-refractivity contribution is -0.0158. The van der Waals surface area contributed by atoms with Crippen LogP contribution in [-0.4, -0.2) is 38.0 Å². The molecule has 0 amide bonds. The van der Waals surface area contributed by atoms with E-state index in [-0.39, 0.29) is 5.95 Å². The van der Waals surface area contributed by atoms with Crippen molar-refractivity contribution in [2.75, 3.05) is 12.3 Å². The monoisotopic (exact) mass is 199 g/mol. The first-order valence-electron chi connectivity index (χ1n) is 4.12. The molecule has 0 aliphatic carbocycles. The maximum atomic E-state index is 9.53. The van der Waals surface area contributed by atoms with E-state index in [9.17, 15) is 10.2 Å². The van der Waals surface area contributed by atoms with Crippen LogP contribution >= 0.6 is 0 Å². The Balaban J connectivity index is 2.95. The van der Waals surface area contributed by atoms with Gasteiger partial charge < -0.3 is 21.1 Å². The molecule has 6 nitrogen and oxygen atoms in total. The standard InChI is InChI=1S/C8H13N3O3/c1-4-5(2-10-8(9)11-4)7(14)6(13)3-12/h2,6-7,12-14H,3H2,1H3,(H2,9,10,11). The molecule has 0 bridgehead atoms. The summed E-state index contributed by atoms with van der Waals surface area (Å²) in [5.41, 5.74) is 6.17. The molecule has 0 spiro atoms. The maximum Gasteiger partial charge on any atom is 0.220 e. The number of aryl methyl sites for hydroxylation is 1. The largest absolute Gasteiger partial charge is 0.394 e. The van der Waals surface area contributed by atoms with Crippen molar-refractivity contribution >= 4 is 5.95 Å². The first kappa shape index (κ1) is 10.8. The zero-order valence-electron chi connectivity index (χ0n) is 7.75. The second kappa shape index (κ2) is 4.32. The molecule has 1 aromatic heterocycles. The molecule has 14 heavy (non-hydrogen) atoms. The summed E-state index contributed by atoms with van der Waals surface area (Å²) < 4.78 is 0. The van der Waals surface area contributed by atoms with E-state index in [1.807, 2.05) is 0 Å². The van der Waals surface area contributed by atoms with Crippen molar-refractivity contribution in [2.45, 2.75) is 19.1 Å². The predicted molar refractivity (Wildman–Crippen MR) is 49.2 cm³/mol. The van der Waals surface area contributed by atoms with E-state index in [0.717, 1.165) is 0 Å². The van der Waals surface area contributed by atoms with Gasteiger partial charge in [0.25, 0.3) is 0 Å². The summed E-state index contributed by atoms with van der Waals surface area (Å²) in [6.07, 6.45) is -1.09. The minimum Gasteiger partial charge on any atom is -0.394 e. The van der Waals surface area contributed by atoms with Gasteiger partial charge in [-0.05, 0) is 6.92 Å².